The quantitative estimate of drug-likeness (QED) is 0.754. The number of nitrogens with one attached hydrogen (secondary N) is 1. The predicted molar refractivity (Wildman–Crippen MR) is 73.9 cm³/mol. The highest BCUT2D eigenvalue weighted by atomic mass is 19.1. The van der Waals surface area contributed by atoms with Crippen LogP contribution in [0.1, 0.15) is 57.7 Å². The molecule has 1 rings (SSSR count). The number of aromatic nitrogens is 1. The van der Waals surface area contributed by atoms with Crippen molar-refractivity contribution in [1.29, 1.82) is 0 Å². The summed E-state index contributed by atoms with van der Waals surface area (Å²) < 4.78 is 13.7. The second-order valence-electron chi connectivity index (χ2n) is 4.86. The normalized spacial score (nSPS) is 14.4. The molecule has 1 heterocycles. The highest BCUT2D eigenvalue weighted by molar-refractivity contribution is 5.11. The molecule has 1 aromatic rings. The lowest BCUT2D eigenvalue weighted by Crippen LogP contribution is -2.22. The van der Waals surface area contributed by atoms with Crippen molar-refractivity contribution < 1.29 is 4.39 Å². The zero-order chi connectivity index (χ0) is 13.4. The van der Waals surface area contributed by atoms with Crippen LogP contribution in [0, 0.1) is 11.7 Å². The summed E-state index contributed by atoms with van der Waals surface area (Å²) in [5.41, 5.74) is 0.551. The molecule has 0 fully saturated rings. The van der Waals surface area contributed by atoms with E-state index in [0.29, 0.717) is 11.6 Å². The maximum Gasteiger partial charge on any atom is 0.146 e. The van der Waals surface area contributed by atoms with E-state index < -0.39 is 0 Å². The Morgan fingerprint density at radius 2 is 2.17 bits per heavy atom. The van der Waals surface area contributed by atoms with E-state index in [0.717, 1.165) is 12.8 Å². The van der Waals surface area contributed by atoms with Crippen molar-refractivity contribution in [2.24, 2.45) is 5.92 Å². The van der Waals surface area contributed by atoms with Crippen molar-refractivity contribution in [2.45, 2.75) is 52.0 Å². The first-order chi connectivity index (χ1) is 8.72. The fourth-order valence-corrected chi connectivity index (χ4v) is 2.34. The molecule has 18 heavy (non-hydrogen) atoms. The topological polar surface area (TPSA) is 24.9 Å². The van der Waals surface area contributed by atoms with Crippen LogP contribution in [-0.2, 0) is 0 Å². The Labute approximate surface area is 110 Å². The molecule has 0 spiro atoms. The van der Waals surface area contributed by atoms with E-state index in [1.165, 1.54) is 25.3 Å². The van der Waals surface area contributed by atoms with Crippen molar-refractivity contribution in [3.63, 3.8) is 0 Å². The van der Waals surface area contributed by atoms with Gasteiger partial charge < -0.3 is 5.32 Å². The second-order valence-corrected chi connectivity index (χ2v) is 4.86. The van der Waals surface area contributed by atoms with Crippen LogP contribution in [-0.4, -0.2) is 12.0 Å². The highest BCUT2D eigenvalue weighted by Crippen LogP contribution is 2.26. The Bertz CT molecular complexity index is 341. The summed E-state index contributed by atoms with van der Waals surface area (Å²) in [5.74, 6) is 0.436. The smallest absolute Gasteiger partial charge is 0.146 e. The van der Waals surface area contributed by atoms with Crippen molar-refractivity contribution in [1.82, 2.24) is 10.3 Å². The SMILES string of the molecule is CCCCC(CC)CC(NC)c1ncccc1F. The lowest BCUT2D eigenvalue weighted by molar-refractivity contribution is 0.354. The van der Waals surface area contributed by atoms with Gasteiger partial charge >= 0.3 is 0 Å². The second kappa shape index (κ2) is 8.20. The van der Waals surface area contributed by atoms with Gasteiger partial charge in [0.2, 0.25) is 0 Å². The third kappa shape index (κ3) is 4.37. The lowest BCUT2D eigenvalue weighted by atomic mass is 9.90. The third-order valence-electron chi connectivity index (χ3n) is 3.58. The third-order valence-corrected chi connectivity index (χ3v) is 3.58. The number of pyridine rings is 1. The molecule has 2 unspecified atom stereocenters. The van der Waals surface area contributed by atoms with Gasteiger partial charge in [-0.1, -0.05) is 39.5 Å². The Morgan fingerprint density at radius 1 is 1.39 bits per heavy atom. The summed E-state index contributed by atoms with van der Waals surface area (Å²) in [7, 11) is 1.88. The summed E-state index contributed by atoms with van der Waals surface area (Å²) >= 11 is 0. The van der Waals surface area contributed by atoms with Crippen LogP contribution < -0.4 is 5.32 Å². The van der Waals surface area contributed by atoms with E-state index in [4.69, 9.17) is 0 Å². The van der Waals surface area contributed by atoms with Crippen molar-refractivity contribution in [3.05, 3.63) is 29.8 Å². The van der Waals surface area contributed by atoms with Crippen LogP contribution in [0.4, 0.5) is 4.39 Å². The van der Waals surface area contributed by atoms with Gasteiger partial charge in [-0.3, -0.25) is 4.98 Å². The molecular formula is C15H25FN2. The van der Waals surface area contributed by atoms with Crippen LogP contribution in [0.5, 0.6) is 0 Å². The van der Waals surface area contributed by atoms with E-state index in [1.54, 1.807) is 12.3 Å². The number of unbranched alkanes of at least 4 members (excludes halogenated alkanes) is 1. The largest absolute Gasteiger partial charge is 0.312 e. The van der Waals surface area contributed by atoms with Gasteiger partial charge in [-0.05, 0) is 31.5 Å². The molecule has 102 valence electrons. The minimum Gasteiger partial charge on any atom is -0.312 e. The van der Waals surface area contributed by atoms with E-state index in [-0.39, 0.29) is 11.9 Å². The molecule has 0 amide bonds. The molecule has 3 heteroatoms. The van der Waals surface area contributed by atoms with Crippen molar-refractivity contribution >= 4 is 0 Å². The van der Waals surface area contributed by atoms with Gasteiger partial charge in [0, 0.05) is 6.20 Å². The zero-order valence-electron chi connectivity index (χ0n) is 11.7. The van der Waals surface area contributed by atoms with Crippen molar-refractivity contribution in [3.8, 4) is 0 Å². The van der Waals surface area contributed by atoms with Gasteiger partial charge in [-0.2, -0.15) is 0 Å². The minimum atomic E-state index is -0.206. The fraction of sp³-hybridized carbons (Fsp3) is 0.667. The lowest BCUT2D eigenvalue weighted by Gasteiger charge is -2.22. The van der Waals surface area contributed by atoms with Crippen LogP contribution in [0.15, 0.2) is 18.3 Å². The molecule has 1 N–H and O–H groups in total. The number of halogens is 1. The highest BCUT2D eigenvalue weighted by Gasteiger charge is 2.19. The number of hydrogen-bond acceptors (Lipinski definition) is 2. The maximum atomic E-state index is 13.7. The van der Waals surface area contributed by atoms with Gasteiger partial charge in [0.05, 0.1) is 11.7 Å². The molecule has 0 radical (unpaired) electrons. The molecule has 0 saturated heterocycles. The van der Waals surface area contributed by atoms with Crippen LogP contribution in [0.3, 0.4) is 0 Å². The van der Waals surface area contributed by atoms with Gasteiger partial charge in [-0.25, -0.2) is 4.39 Å². The van der Waals surface area contributed by atoms with Crippen LogP contribution in [0.2, 0.25) is 0 Å². The van der Waals surface area contributed by atoms with Gasteiger partial charge in [-0.15, -0.1) is 0 Å². The summed E-state index contributed by atoms with van der Waals surface area (Å²) in [4.78, 5) is 4.18. The fourth-order valence-electron chi connectivity index (χ4n) is 2.34. The Morgan fingerprint density at radius 3 is 2.72 bits per heavy atom. The van der Waals surface area contributed by atoms with E-state index in [1.807, 2.05) is 7.05 Å². The first kappa shape index (κ1) is 15.1. The van der Waals surface area contributed by atoms with Crippen molar-refractivity contribution in [2.75, 3.05) is 7.05 Å². The Kier molecular flexibility index (Phi) is 6.88. The van der Waals surface area contributed by atoms with E-state index in [9.17, 15) is 4.39 Å². The van der Waals surface area contributed by atoms with Gasteiger partial charge in [0.25, 0.3) is 0 Å². The molecular weight excluding hydrogens is 227 g/mol. The van der Waals surface area contributed by atoms with E-state index in [2.05, 4.69) is 24.1 Å². The van der Waals surface area contributed by atoms with Gasteiger partial charge in [0.15, 0.2) is 0 Å². The molecule has 0 aliphatic rings. The molecule has 0 aliphatic carbocycles. The van der Waals surface area contributed by atoms with Gasteiger partial charge in [0.1, 0.15) is 5.82 Å². The molecule has 0 bridgehead atoms. The Hall–Kier alpha value is -0.960. The number of nitrogens with zero attached hydrogens (tertiary/aromatic N) is 1. The predicted octanol–water partition coefficient (Wildman–Crippen LogP) is 4.09. The molecule has 2 atom stereocenters. The monoisotopic (exact) mass is 252 g/mol. The molecule has 2 nitrogen and oxygen atoms in total. The molecule has 0 saturated carbocycles. The average molecular weight is 252 g/mol. The standard InChI is InChI=1S/C15H25FN2/c1-4-6-8-12(5-2)11-14(17-3)15-13(16)9-7-10-18-15/h7,9-10,12,14,17H,4-6,8,11H2,1-3H3. The Balaban J connectivity index is 2.68. The molecule has 1 aromatic heterocycles. The number of rotatable bonds is 8. The summed E-state index contributed by atoms with van der Waals surface area (Å²) in [5, 5.41) is 3.20. The summed E-state index contributed by atoms with van der Waals surface area (Å²) in [6, 6.07) is 3.15. The molecule has 0 aliphatic heterocycles. The first-order valence-electron chi connectivity index (χ1n) is 7.00. The average Bonchev–Trinajstić information content (AvgIpc) is 2.40. The van der Waals surface area contributed by atoms with E-state index >= 15 is 0 Å². The van der Waals surface area contributed by atoms with Crippen LogP contribution in [0.25, 0.3) is 0 Å². The zero-order valence-corrected chi connectivity index (χ0v) is 11.7. The first-order valence-corrected chi connectivity index (χ1v) is 7.00. The number of hydrogen-bond donors (Lipinski definition) is 1. The summed E-state index contributed by atoms with van der Waals surface area (Å²) in [6.45, 7) is 4.42. The molecule has 0 aromatic carbocycles. The minimum absolute atomic E-state index is 0.0213. The van der Waals surface area contributed by atoms with Crippen LogP contribution >= 0.6 is 0 Å². The maximum absolute atomic E-state index is 13.7. The summed E-state index contributed by atoms with van der Waals surface area (Å²) in [6.07, 6.45) is 7.46.